The van der Waals surface area contributed by atoms with Crippen LogP contribution < -0.4 is 10.6 Å². The van der Waals surface area contributed by atoms with Gasteiger partial charge in [0.25, 0.3) is 5.91 Å². The minimum Gasteiger partial charge on any atom is -0.342 e. The lowest BCUT2D eigenvalue weighted by Crippen LogP contribution is -2.39. The van der Waals surface area contributed by atoms with E-state index in [-0.39, 0.29) is 11.8 Å². The third-order valence-electron chi connectivity index (χ3n) is 5.07. The van der Waals surface area contributed by atoms with Crippen LogP contribution in [-0.4, -0.2) is 23.2 Å². The quantitative estimate of drug-likeness (QED) is 0.372. The number of amides is 1. The van der Waals surface area contributed by atoms with Crippen LogP contribution in [0.25, 0.3) is 21.3 Å². The molecule has 0 spiro atoms. The van der Waals surface area contributed by atoms with Crippen LogP contribution in [0.3, 0.4) is 0 Å². The number of aromatic nitrogens is 1. The number of rotatable bonds is 7. The molecule has 0 bridgehead atoms. The van der Waals surface area contributed by atoms with Crippen molar-refractivity contribution in [2.75, 3.05) is 5.32 Å². The maximum absolute atomic E-state index is 12.4. The predicted octanol–water partition coefficient (Wildman–Crippen LogP) is 5.66. The summed E-state index contributed by atoms with van der Waals surface area (Å²) in [5.74, 6) is -0.191. The second-order valence-electron chi connectivity index (χ2n) is 7.65. The van der Waals surface area contributed by atoms with E-state index in [1.807, 2.05) is 68.4 Å². The first-order valence-electron chi connectivity index (χ1n) is 10.1. The molecule has 4 aromatic rings. The zero-order chi connectivity index (χ0) is 21.8. The number of fused-ring (bicyclic) bond motifs is 1. The standard InChI is InChI=1S/C25H23N3O2S/c1-16(2)22(15-29)27-24(30)19-9-7-17(8-10-19)18-11-13-20(14-12-18)26-25-28-21-5-3-4-6-23(21)31-25/h3-16,22H,1-2H3,(H,26,28)(H,27,30)/t22-/m1/s1. The molecule has 0 aliphatic heterocycles. The summed E-state index contributed by atoms with van der Waals surface area (Å²) < 4.78 is 1.15. The van der Waals surface area contributed by atoms with Crippen molar-refractivity contribution in [1.29, 1.82) is 0 Å². The number of benzene rings is 3. The lowest BCUT2D eigenvalue weighted by molar-refractivity contribution is -0.110. The Morgan fingerprint density at radius 2 is 1.58 bits per heavy atom. The summed E-state index contributed by atoms with van der Waals surface area (Å²) in [5.41, 5.74) is 4.55. The highest BCUT2D eigenvalue weighted by atomic mass is 32.1. The van der Waals surface area contributed by atoms with Gasteiger partial charge in [-0.05, 0) is 53.4 Å². The molecule has 0 unspecified atom stereocenters. The molecule has 0 radical (unpaired) electrons. The first-order valence-corrected chi connectivity index (χ1v) is 10.9. The van der Waals surface area contributed by atoms with E-state index in [2.05, 4.69) is 21.7 Å². The third kappa shape index (κ3) is 4.81. The number of aldehydes is 1. The van der Waals surface area contributed by atoms with Crippen LogP contribution in [0.1, 0.15) is 24.2 Å². The van der Waals surface area contributed by atoms with Crippen molar-refractivity contribution in [1.82, 2.24) is 10.3 Å². The van der Waals surface area contributed by atoms with Gasteiger partial charge in [-0.15, -0.1) is 0 Å². The van der Waals surface area contributed by atoms with Crippen LogP contribution in [0.15, 0.2) is 72.8 Å². The summed E-state index contributed by atoms with van der Waals surface area (Å²) in [7, 11) is 0. The van der Waals surface area contributed by atoms with Gasteiger partial charge in [0.2, 0.25) is 0 Å². The lowest BCUT2D eigenvalue weighted by Gasteiger charge is -2.16. The Bertz CT molecular complexity index is 1160. The van der Waals surface area contributed by atoms with Crippen molar-refractivity contribution in [3.8, 4) is 11.1 Å². The fraction of sp³-hybridized carbons (Fsp3) is 0.160. The summed E-state index contributed by atoms with van der Waals surface area (Å²) in [5, 5.41) is 6.98. The van der Waals surface area contributed by atoms with Gasteiger partial charge in [0.15, 0.2) is 5.13 Å². The molecule has 4 rings (SSSR count). The highest BCUT2D eigenvalue weighted by molar-refractivity contribution is 7.22. The Morgan fingerprint density at radius 1 is 0.935 bits per heavy atom. The van der Waals surface area contributed by atoms with Crippen molar-refractivity contribution in [2.45, 2.75) is 19.9 Å². The second kappa shape index (κ2) is 9.10. The number of nitrogens with zero attached hydrogens (tertiary/aromatic N) is 1. The Morgan fingerprint density at radius 3 is 2.19 bits per heavy atom. The van der Waals surface area contributed by atoms with E-state index in [0.717, 1.165) is 38.4 Å². The van der Waals surface area contributed by atoms with Crippen molar-refractivity contribution in [3.05, 3.63) is 78.4 Å². The number of anilines is 2. The second-order valence-corrected chi connectivity index (χ2v) is 8.68. The Balaban J connectivity index is 1.44. The van der Waals surface area contributed by atoms with E-state index < -0.39 is 6.04 Å². The maximum atomic E-state index is 12.4. The first kappa shape index (κ1) is 20.8. The van der Waals surface area contributed by atoms with Gasteiger partial charge in [0.1, 0.15) is 6.29 Å². The number of para-hydroxylation sites is 1. The number of nitrogens with one attached hydrogen (secondary N) is 2. The van der Waals surface area contributed by atoms with Crippen LogP contribution in [0.2, 0.25) is 0 Å². The van der Waals surface area contributed by atoms with Crippen LogP contribution in [0.4, 0.5) is 10.8 Å². The van der Waals surface area contributed by atoms with Crippen LogP contribution in [0, 0.1) is 5.92 Å². The number of thiazole rings is 1. The molecule has 3 aromatic carbocycles. The largest absolute Gasteiger partial charge is 0.342 e. The predicted molar refractivity (Wildman–Crippen MR) is 127 cm³/mol. The van der Waals surface area contributed by atoms with Gasteiger partial charge < -0.3 is 15.4 Å². The fourth-order valence-electron chi connectivity index (χ4n) is 3.20. The van der Waals surface area contributed by atoms with Gasteiger partial charge in [-0.1, -0.05) is 61.6 Å². The van der Waals surface area contributed by atoms with Crippen LogP contribution in [-0.2, 0) is 4.79 Å². The van der Waals surface area contributed by atoms with E-state index in [0.29, 0.717) is 5.56 Å². The summed E-state index contributed by atoms with van der Waals surface area (Å²) in [6.45, 7) is 3.80. The normalized spacial score (nSPS) is 12.0. The first-order chi connectivity index (χ1) is 15.0. The van der Waals surface area contributed by atoms with Crippen molar-refractivity contribution < 1.29 is 9.59 Å². The molecule has 0 saturated carbocycles. The molecule has 0 aliphatic rings. The van der Waals surface area contributed by atoms with Gasteiger partial charge in [0.05, 0.1) is 16.3 Å². The van der Waals surface area contributed by atoms with E-state index in [9.17, 15) is 9.59 Å². The molecule has 6 heteroatoms. The van der Waals surface area contributed by atoms with Gasteiger partial charge in [-0.3, -0.25) is 4.79 Å². The summed E-state index contributed by atoms with van der Waals surface area (Å²) >= 11 is 1.62. The number of hydrogen-bond donors (Lipinski definition) is 2. The molecule has 0 saturated heterocycles. The maximum Gasteiger partial charge on any atom is 0.251 e. The van der Waals surface area contributed by atoms with Crippen molar-refractivity contribution in [3.63, 3.8) is 0 Å². The highest BCUT2D eigenvalue weighted by Crippen LogP contribution is 2.29. The molecular formula is C25H23N3O2S. The molecule has 1 heterocycles. The molecule has 31 heavy (non-hydrogen) atoms. The van der Waals surface area contributed by atoms with Crippen molar-refractivity contribution in [2.24, 2.45) is 5.92 Å². The monoisotopic (exact) mass is 429 g/mol. The zero-order valence-corrected chi connectivity index (χ0v) is 18.1. The molecule has 0 aliphatic carbocycles. The Labute approximate surface area is 185 Å². The molecule has 0 fully saturated rings. The Kier molecular flexibility index (Phi) is 6.09. The third-order valence-corrected chi connectivity index (χ3v) is 6.02. The number of carbonyl (C=O) groups excluding carboxylic acids is 2. The molecule has 1 aromatic heterocycles. The molecule has 1 amide bonds. The summed E-state index contributed by atoms with van der Waals surface area (Å²) in [4.78, 5) is 28.1. The van der Waals surface area contributed by atoms with Crippen molar-refractivity contribution >= 4 is 44.6 Å². The topological polar surface area (TPSA) is 71.1 Å². The minimum absolute atomic E-state index is 0.0515. The SMILES string of the molecule is CC(C)[C@@H](C=O)NC(=O)c1ccc(-c2ccc(Nc3nc4ccccc4s3)cc2)cc1. The fourth-order valence-corrected chi connectivity index (χ4v) is 4.09. The zero-order valence-electron chi connectivity index (χ0n) is 17.3. The lowest BCUT2D eigenvalue weighted by atomic mass is 10.0. The molecular weight excluding hydrogens is 406 g/mol. The van der Waals surface area contributed by atoms with E-state index in [1.54, 1.807) is 23.5 Å². The van der Waals surface area contributed by atoms with Crippen LogP contribution >= 0.6 is 11.3 Å². The number of hydrogen-bond acceptors (Lipinski definition) is 5. The molecule has 1 atom stereocenters. The molecule has 5 nitrogen and oxygen atoms in total. The molecule has 156 valence electrons. The number of carbonyl (C=O) groups is 2. The van der Waals surface area contributed by atoms with E-state index in [4.69, 9.17) is 0 Å². The van der Waals surface area contributed by atoms with Gasteiger partial charge in [-0.25, -0.2) is 4.98 Å². The highest BCUT2D eigenvalue weighted by Gasteiger charge is 2.16. The van der Waals surface area contributed by atoms with Gasteiger partial charge >= 0.3 is 0 Å². The smallest absolute Gasteiger partial charge is 0.251 e. The van der Waals surface area contributed by atoms with E-state index >= 15 is 0 Å². The van der Waals surface area contributed by atoms with Gasteiger partial charge in [0, 0.05) is 11.3 Å². The summed E-state index contributed by atoms with van der Waals surface area (Å²) in [6, 6.07) is 23.1. The summed E-state index contributed by atoms with van der Waals surface area (Å²) in [6.07, 6.45) is 0.779. The minimum atomic E-state index is -0.484. The Hall–Kier alpha value is -3.51. The molecule has 2 N–H and O–H groups in total. The van der Waals surface area contributed by atoms with Crippen LogP contribution in [0.5, 0.6) is 0 Å². The average Bonchev–Trinajstić information content (AvgIpc) is 3.20. The average molecular weight is 430 g/mol. The van der Waals surface area contributed by atoms with Gasteiger partial charge in [-0.2, -0.15) is 0 Å². The van der Waals surface area contributed by atoms with E-state index in [1.165, 1.54) is 0 Å².